The summed E-state index contributed by atoms with van der Waals surface area (Å²) in [6, 6.07) is 0. The summed E-state index contributed by atoms with van der Waals surface area (Å²) in [5.74, 6) is 0.667. The van der Waals surface area contributed by atoms with Gasteiger partial charge in [-0.3, -0.25) is 0 Å². The van der Waals surface area contributed by atoms with Gasteiger partial charge in [-0.25, -0.2) is 0 Å². The lowest BCUT2D eigenvalue weighted by Gasteiger charge is -2.09. The molecule has 0 saturated carbocycles. The zero-order valence-corrected chi connectivity index (χ0v) is 6.93. The van der Waals surface area contributed by atoms with Gasteiger partial charge in [-0.05, 0) is 32.1 Å². The maximum absolute atomic E-state index is 2.37. The summed E-state index contributed by atoms with van der Waals surface area (Å²) in [6.45, 7) is 4.48. The van der Waals surface area contributed by atoms with E-state index in [2.05, 4.69) is 32.1 Å². The van der Waals surface area contributed by atoms with Crippen molar-refractivity contribution in [3.05, 3.63) is 23.8 Å². The predicted octanol–water partition coefficient (Wildman–Crippen LogP) is 3.31. The van der Waals surface area contributed by atoms with Crippen LogP contribution in [0.1, 0.15) is 33.1 Å². The van der Waals surface area contributed by atoms with Gasteiger partial charge in [0.2, 0.25) is 0 Å². The van der Waals surface area contributed by atoms with Crippen LogP contribution in [-0.2, 0) is 0 Å². The number of rotatable bonds is 0. The van der Waals surface area contributed by atoms with Crippen molar-refractivity contribution in [2.24, 2.45) is 5.92 Å². The van der Waals surface area contributed by atoms with Crippen LogP contribution in [-0.4, -0.2) is 0 Å². The Balaban J connectivity index is 2.60. The third-order valence-corrected chi connectivity index (χ3v) is 2.18. The van der Waals surface area contributed by atoms with E-state index in [-0.39, 0.29) is 0 Å². The Labute approximate surface area is 63.6 Å². The predicted molar refractivity (Wildman–Crippen MR) is 45.9 cm³/mol. The lowest BCUT2D eigenvalue weighted by atomic mass is 9.97. The van der Waals surface area contributed by atoms with Gasteiger partial charge in [0, 0.05) is 0 Å². The second kappa shape index (κ2) is 3.60. The molecule has 0 aromatic carbocycles. The van der Waals surface area contributed by atoms with Crippen molar-refractivity contribution >= 4 is 0 Å². The fraction of sp³-hybridized carbons (Fsp3) is 0.600. The van der Waals surface area contributed by atoms with Crippen LogP contribution in [0.5, 0.6) is 0 Å². The Morgan fingerprint density at radius 2 is 2.20 bits per heavy atom. The van der Waals surface area contributed by atoms with E-state index >= 15 is 0 Å². The molecule has 1 atom stereocenters. The third-order valence-electron chi connectivity index (χ3n) is 2.18. The summed E-state index contributed by atoms with van der Waals surface area (Å²) in [4.78, 5) is 0. The Morgan fingerprint density at radius 1 is 1.40 bits per heavy atom. The van der Waals surface area contributed by atoms with Gasteiger partial charge in [0.15, 0.2) is 0 Å². The van der Waals surface area contributed by atoms with E-state index in [0.29, 0.717) is 5.92 Å². The first-order chi connectivity index (χ1) is 4.80. The van der Waals surface area contributed by atoms with Gasteiger partial charge in [-0.2, -0.15) is 0 Å². The zero-order chi connectivity index (χ0) is 7.40. The number of hydrogen-bond acceptors (Lipinski definition) is 0. The highest BCUT2D eigenvalue weighted by atomic mass is 14.1. The molecule has 0 heterocycles. The average molecular weight is 136 g/mol. The van der Waals surface area contributed by atoms with Crippen molar-refractivity contribution in [1.29, 1.82) is 0 Å². The second-order valence-electron chi connectivity index (χ2n) is 3.10. The van der Waals surface area contributed by atoms with Crippen LogP contribution in [0.25, 0.3) is 0 Å². The molecule has 0 aromatic heterocycles. The summed E-state index contributed by atoms with van der Waals surface area (Å²) >= 11 is 0. The molecule has 1 unspecified atom stereocenters. The molecular formula is C10H16. The molecule has 0 aromatic rings. The SMILES string of the molecule is C/C1=C/CCC/C=C\C1C. The van der Waals surface area contributed by atoms with Crippen molar-refractivity contribution in [1.82, 2.24) is 0 Å². The summed E-state index contributed by atoms with van der Waals surface area (Å²) < 4.78 is 0. The third kappa shape index (κ3) is 2.02. The Bertz CT molecular complexity index is 151. The minimum atomic E-state index is 0.667. The highest BCUT2D eigenvalue weighted by Gasteiger charge is 1.99. The van der Waals surface area contributed by atoms with Crippen molar-refractivity contribution < 1.29 is 0 Å². The standard InChI is InChI=1S/C10H16/c1-9-7-5-3-4-6-8-10(9)2/h5,7-9H,3-4,6H2,1-2H3/b7-5-,10-8-. The summed E-state index contributed by atoms with van der Waals surface area (Å²) in [6.07, 6.45) is 10.8. The maximum atomic E-state index is 2.37. The quantitative estimate of drug-likeness (QED) is 0.448. The first-order valence-corrected chi connectivity index (χ1v) is 4.14. The highest BCUT2D eigenvalue weighted by Crippen LogP contribution is 2.16. The second-order valence-corrected chi connectivity index (χ2v) is 3.10. The molecule has 56 valence electrons. The van der Waals surface area contributed by atoms with Crippen molar-refractivity contribution in [2.75, 3.05) is 0 Å². The Kier molecular flexibility index (Phi) is 2.73. The van der Waals surface area contributed by atoms with Crippen molar-refractivity contribution in [3.8, 4) is 0 Å². The largest absolute Gasteiger partial charge is 0.0879 e. The maximum Gasteiger partial charge on any atom is -0.00544 e. The van der Waals surface area contributed by atoms with E-state index in [1.54, 1.807) is 0 Å². The molecular weight excluding hydrogens is 120 g/mol. The van der Waals surface area contributed by atoms with Crippen LogP contribution >= 0.6 is 0 Å². The van der Waals surface area contributed by atoms with Gasteiger partial charge >= 0.3 is 0 Å². The molecule has 1 rings (SSSR count). The van der Waals surface area contributed by atoms with Gasteiger partial charge in [0.1, 0.15) is 0 Å². The molecule has 1 aliphatic carbocycles. The van der Waals surface area contributed by atoms with E-state index in [1.165, 1.54) is 24.8 Å². The normalized spacial score (nSPS) is 35.4. The van der Waals surface area contributed by atoms with Gasteiger partial charge < -0.3 is 0 Å². The minimum Gasteiger partial charge on any atom is -0.0879 e. The Morgan fingerprint density at radius 3 is 3.00 bits per heavy atom. The summed E-state index contributed by atoms with van der Waals surface area (Å²) in [5.41, 5.74) is 1.52. The van der Waals surface area contributed by atoms with Gasteiger partial charge in [-0.15, -0.1) is 0 Å². The molecule has 0 aliphatic heterocycles. The van der Waals surface area contributed by atoms with E-state index < -0.39 is 0 Å². The van der Waals surface area contributed by atoms with E-state index in [0.717, 1.165) is 0 Å². The Hall–Kier alpha value is -0.520. The molecule has 0 bridgehead atoms. The molecule has 0 heteroatoms. The number of hydrogen-bond donors (Lipinski definition) is 0. The molecule has 1 aliphatic rings. The van der Waals surface area contributed by atoms with Gasteiger partial charge in [-0.1, -0.05) is 30.7 Å². The summed E-state index contributed by atoms with van der Waals surface area (Å²) in [7, 11) is 0. The molecule has 0 radical (unpaired) electrons. The van der Waals surface area contributed by atoms with E-state index in [4.69, 9.17) is 0 Å². The number of allylic oxidation sites excluding steroid dienone is 4. The highest BCUT2D eigenvalue weighted by molar-refractivity contribution is 5.11. The molecule has 10 heavy (non-hydrogen) atoms. The van der Waals surface area contributed by atoms with Gasteiger partial charge in [0.05, 0.1) is 0 Å². The molecule has 0 amide bonds. The first-order valence-electron chi connectivity index (χ1n) is 4.14. The van der Waals surface area contributed by atoms with Crippen LogP contribution in [0.3, 0.4) is 0 Å². The fourth-order valence-corrected chi connectivity index (χ4v) is 1.20. The fourth-order valence-electron chi connectivity index (χ4n) is 1.20. The summed E-state index contributed by atoms with van der Waals surface area (Å²) in [5, 5.41) is 0. The molecule has 0 fully saturated rings. The topological polar surface area (TPSA) is 0 Å². The van der Waals surface area contributed by atoms with Crippen LogP contribution in [0.2, 0.25) is 0 Å². The molecule has 0 nitrogen and oxygen atoms in total. The van der Waals surface area contributed by atoms with Crippen molar-refractivity contribution in [2.45, 2.75) is 33.1 Å². The van der Waals surface area contributed by atoms with E-state index in [9.17, 15) is 0 Å². The molecule has 0 N–H and O–H groups in total. The zero-order valence-electron chi connectivity index (χ0n) is 6.93. The van der Waals surface area contributed by atoms with Crippen LogP contribution < -0.4 is 0 Å². The molecule has 0 saturated heterocycles. The van der Waals surface area contributed by atoms with Gasteiger partial charge in [0.25, 0.3) is 0 Å². The van der Waals surface area contributed by atoms with E-state index in [1.807, 2.05) is 0 Å². The van der Waals surface area contributed by atoms with Crippen LogP contribution in [0, 0.1) is 5.92 Å². The van der Waals surface area contributed by atoms with Crippen molar-refractivity contribution in [3.63, 3.8) is 0 Å². The lowest BCUT2D eigenvalue weighted by molar-refractivity contribution is 0.783. The van der Waals surface area contributed by atoms with Crippen LogP contribution in [0.4, 0.5) is 0 Å². The average Bonchev–Trinajstić information content (AvgIpc) is 1.92. The van der Waals surface area contributed by atoms with Crippen LogP contribution in [0.15, 0.2) is 23.8 Å². The lowest BCUT2D eigenvalue weighted by Crippen LogP contribution is -1.93. The first kappa shape index (κ1) is 7.59. The molecule has 0 spiro atoms. The smallest absolute Gasteiger partial charge is 0.00544 e. The monoisotopic (exact) mass is 136 g/mol. The minimum absolute atomic E-state index is 0.667.